The van der Waals surface area contributed by atoms with Gasteiger partial charge in [0.25, 0.3) is 11.8 Å². The second kappa shape index (κ2) is 11.2. The van der Waals surface area contributed by atoms with Crippen molar-refractivity contribution in [2.24, 2.45) is 5.92 Å². The molecule has 3 rings (SSSR count). The highest BCUT2D eigenvalue weighted by atomic mass is 32.2. The van der Waals surface area contributed by atoms with Crippen LogP contribution in [0, 0.1) is 12.8 Å². The Kier molecular flexibility index (Phi) is 8.30. The largest absolute Gasteiger partial charge is 0.352 e. The van der Waals surface area contributed by atoms with E-state index >= 15 is 0 Å². The number of carbonyl (C=O) groups excluding carboxylic acids is 2. The molecular formula is C27H31N3O4S. The monoisotopic (exact) mass is 493 g/mol. The van der Waals surface area contributed by atoms with Crippen molar-refractivity contribution >= 4 is 33.2 Å². The molecule has 0 bridgehead atoms. The fraction of sp³-hybridized carbons (Fsp3) is 0.259. The molecule has 8 heteroatoms. The second-order valence-corrected chi connectivity index (χ2v) is 10.8. The molecule has 35 heavy (non-hydrogen) atoms. The van der Waals surface area contributed by atoms with Crippen molar-refractivity contribution in [3.63, 3.8) is 0 Å². The van der Waals surface area contributed by atoms with Crippen LogP contribution in [0.3, 0.4) is 0 Å². The van der Waals surface area contributed by atoms with Crippen molar-refractivity contribution in [3.05, 3.63) is 95.1 Å². The van der Waals surface area contributed by atoms with Crippen LogP contribution in [0.2, 0.25) is 0 Å². The van der Waals surface area contributed by atoms with Gasteiger partial charge in [-0.25, -0.2) is 8.42 Å². The number of hydrogen-bond acceptors (Lipinski definition) is 4. The summed E-state index contributed by atoms with van der Waals surface area (Å²) in [6.07, 6.45) is 1.17. The van der Waals surface area contributed by atoms with Gasteiger partial charge in [0.2, 0.25) is 10.0 Å². The third kappa shape index (κ3) is 7.16. The summed E-state index contributed by atoms with van der Waals surface area (Å²) in [6.45, 7) is 6.60. The summed E-state index contributed by atoms with van der Waals surface area (Å²) in [5, 5.41) is 5.67. The molecule has 184 valence electrons. The summed E-state index contributed by atoms with van der Waals surface area (Å²) in [5.41, 5.74) is 3.49. The highest BCUT2D eigenvalue weighted by Gasteiger charge is 2.19. The Bertz CT molecular complexity index is 1300. The molecule has 0 spiro atoms. The van der Waals surface area contributed by atoms with Gasteiger partial charge in [0.05, 0.1) is 29.7 Å². The van der Waals surface area contributed by atoms with Gasteiger partial charge in [-0.05, 0) is 60.4 Å². The first-order valence-corrected chi connectivity index (χ1v) is 13.2. The smallest absolute Gasteiger partial charge is 0.255 e. The Labute approximate surface area is 207 Å². The molecule has 0 saturated heterocycles. The number of sulfonamides is 1. The lowest BCUT2D eigenvalue weighted by Gasteiger charge is -2.23. The lowest BCUT2D eigenvalue weighted by atomic mass is 10.1. The first-order chi connectivity index (χ1) is 16.5. The molecule has 0 aliphatic rings. The average molecular weight is 494 g/mol. The van der Waals surface area contributed by atoms with Crippen LogP contribution >= 0.6 is 0 Å². The number of para-hydroxylation sites is 1. The molecule has 0 atom stereocenters. The molecular weight excluding hydrogens is 462 g/mol. The molecule has 3 aromatic rings. The Morgan fingerprint density at radius 2 is 1.60 bits per heavy atom. The van der Waals surface area contributed by atoms with Crippen molar-refractivity contribution in [3.8, 4) is 0 Å². The van der Waals surface area contributed by atoms with Gasteiger partial charge in [-0.2, -0.15) is 0 Å². The number of amides is 2. The Morgan fingerprint density at radius 3 is 2.23 bits per heavy atom. The summed E-state index contributed by atoms with van der Waals surface area (Å²) in [7, 11) is -3.51. The van der Waals surface area contributed by atoms with Crippen LogP contribution in [0.25, 0.3) is 0 Å². The third-order valence-electron chi connectivity index (χ3n) is 5.32. The Hall–Kier alpha value is -3.65. The lowest BCUT2D eigenvalue weighted by Crippen LogP contribution is -2.29. The van der Waals surface area contributed by atoms with E-state index in [2.05, 4.69) is 10.6 Å². The van der Waals surface area contributed by atoms with Crippen molar-refractivity contribution in [1.82, 2.24) is 5.32 Å². The van der Waals surface area contributed by atoms with E-state index < -0.39 is 10.0 Å². The van der Waals surface area contributed by atoms with Crippen LogP contribution < -0.4 is 14.9 Å². The number of anilines is 2. The number of carbonyl (C=O) groups is 2. The zero-order chi connectivity index (χ0) is 25.6. The molecule has 0 unspecified atom stereocenters. The highest BCUT2D eigenvalue weighted by molar-refractivity contribution is 7.92. The van der Waals surface area contributed by atoms with E-state index in [1.807, 2.05) is 39.0 Å². The molecule has 2 amide bonds. The predicted molar refractivity (Wildman–Crippen MR) is 140 cm³/mol. The molecule has 0 aliphatic heterocycles. The van der Waals surface area contributed by atoms with Gasteiger partial charge >= 0.3 is 0 Å². The van der Waals surface area contributed by atoms with E-state index in [0.717, 1.165) is 11.1 Å². The zero-order valence-corrected chi connectivity index (χ0v) is 21.2. The van der Waals surface area contributed by atoms with Crippen LogP contribution in [-0.2, 0) is 16.6 Å². The fourth-order valence-electron chi connectivity index (χ4n) is 3.49. The van der Waals surface area contributed by atoms with Crippen LogP contribution in [0.15, 0.2) is 72.8 Å². The van der Waals surface area contributed by atoms with Gasteiger partial charge in [-0.3, -0.25) is 13.9 Å². The maximum Gasteiger partial charge on any atom is 0.255 e. The van der Waals surface area contributed by atoms with E-state index in [9.17, 15) is 18.0 Å². The lowest BCUT2D eigenvalue weighted by molar-refractivity contribution is 0.0950. The zero-order valence-electron chi connectivity index (χ0n) is 20.4. The minimum absolute atomic E-state index is 0.142. The van der Waals surface area contributed by atoms with Crippen LogP contribution in [0.1, 0.15) is 45.7 Å². The molecule has 0 radical (unpaired) electrons. The average Bonchev–Trinajstić information content (AvgIpc) is 2.81. The maximum absolute atomic E-state index is 12.9. The summed E-state index contributed by atoms with van der Waals surface area (Å²) in [4.78, 5) is 25.4. The quantitative estimate of drug-likeness (QED) is 0.455. The fourth-order valence-corrected chi connectivity index (χ4v) is 4.37. The van der Waals surface area contributed by atoms with Gasteiger partial charge < -0.3 is 10.6 Å². The molecule has 2 N–H and O–H groups in total. The summed E-state index contributed by atoms with van der Waals surface area (Å²) >= 11 is 0. The molecule has 0 aromatic heterocycles. The minimum atomic E-state index is -3.51. The van der Waals surface area contributed by atoms with Gasteiger partial charge in [0.1, 0.15) is 0 Å². The van der Waals surface area contributed by atoms with Crippen molar-refractivity contribution in [2.45, 2.75) is 27.3 Å². The van der Waals surface area contributed by atoms with Crippen LogP contribution in [0.5, 0.6) is 0 Å². The van der Waals surface area contributed by atoms with E-state index in [0.29, 0.717) is 35.0 Å². The van der Waals surface area contributed by atoms with E-state index in [1.54, 1.807) is 54.6 Å². The number of aryl methyl sites for hydroxylation is 1. The van der Waals surface area contributed by atoms with E-state index in [4.69, 9.17) is 0 Å². The number of nitrogens with zero attached hydrogens (tertiary/aromatic N) is 1. The van der Waals surface area contributed by atoms with Crippen molar-refractivity contribution in [2.75, 3.05) is 22.4 Å². The van der Waals surface area contributed by atoms with Gasteiger partial charge in [0, 0.05) is 12.1 Å². The first kappa shape index (κ1) is 26.0. The number of rotatable bonds is 9. The molecule has 3 aromatic carbocycles. The number of nitrogens with one attached hydrogen (secondary N) is 2. The topological polar surface area (TPSA) is 95.6 Å². The molecule has 0 heterocycles. The molecule has 7 nitrogen and oxygen atoms in total. The molecule has 0 saturated carbocycles. The SMILES string of the molecule is Cc1cccc(N(Cc2ccc(C(=O)Nc3ccccc3C(=O)NCC(C)C)cc2)S(C)(=O)=O)c1. The van der Waals surface area contributed by atoms with Crippen molar-refractivity contribution in [1.29, 1.82) is 0 Å². The number of hydrogen-bond donors (Lipinski definition) is 2. The third-order valence-corrected chi connectivity index (χ3v) is 6.46. The van der Waals surface area contributed by atoms with Gasteiger partial charge in [-0.15, -0.1) is 0 Å². The molecule has 0 aliphatic carbocycles. The Balaban J connectivity index is 1.75. The predicted octanol–water partition coefficient (Wildman–Crippen LogP) is 4.60. The second-order valence-electron chi connectivity index (χ2n) is 8.91. The number of benzene rings is 3. The summed E-state index contributed by atoms with van der Waals surface area (Å²) in [6, 6.07) is 20.9. The van der Waals surface area contributed by atoms with Gasteiger partial charge in [0.15, 0.2) is 0 Å². The van der Waals surface area contributed by atoms with E-state index in [-0.39, 0.29) is 18.4 Å². The minimum Gasteiger partial charge on any atom is -0.352 e. The normalized spacial score (nSPS) is 11.2. The highest BCUT2D eigenvalue weighted by Crippen LogP contribution is 2.22. The molecule has 0 fully saturated rings. The standard InChI is InChI=1S/C27H31N3O4S/c1-19(2)17-28-27(32)24-10-5-6-11-25(24)29-26(31)22-14-12-21(13-15-22)18-30(35(4,33)34)23-9-7-8-20(3)16-23/h5-16,19H,17-18H2,1-4H3,(H,28,32)(H,29,31). The first-order valence-electron chi connectivity index (χ1n) is 11.4. The van der Waals surface area contributed by atoms with Gasteiger partial charge in [-0.1, -0.05) is 50.2 Å². The van der Waals surface area contributed by atoms with Crippen molar-refractivity contribution < 1.29 is 18.0 Å². The summed E-state index contributed by atoms with van der Waals surface area (Å²) in [5.74, 6) is -0.301. The Morgan fingerprint density at radius 1 is 0.914 bits per heavy atom. The van der Waals surface area contributed by atoms with Crippen LogP contribution in [0.4, 0.5) is 11.4 Å². The van der Waals surface area contributed by atoms with Crippen LogP contribution in [-0.4, -0.2) is 33.0 Å². The summed E-state index contributed by atoms with van der Waals surface area (Å²) < 4.78 is 26.2. The maximum atomic E-state index is 12.9. The van der Waals surface area contributed by atoms with E-state index in [1.165, 1.54) is 10.6 Å².